The molecular weight excluding hydrogens is 304 g/mol. The van der Waals surface area contributed by atoms with Gasteiger partial charge in [0.2, 0.25) is 11.8 Å². The van der Waals surface area contributed by atoms with Crippen LogP contribution in [0.3, 0.4) is 0 Å². The molecule has 9 heteroatoms. The highest BCUT2D eigenvalue weighted by atomic mass is 16.6. The lowest BCUT2D eigenvalue weighted by Crippen LogP contribution is -2.38. The summed E-state index contributed by atoms with van der Waals surface area (Å²) in [6.07, 6.45) is 0. The van der Waals surface area contributed by atoms with Crippen LogP contribution in [0.2, 0.25) is 0 Å². The number of hydrogen-bond acceptors (Lipinski definition) is 6. The molecular formula is C14H20N4O5. The molecule has 0 fully saturated rings. The van der Waals surface area contributed by atoms with Crippen molar-refractivity contribution in [1.29, 1.82) is 0 Å². The van der Waals surface area contributed by atoms with Gasteiger partial charge in [0.05, 0.1) is 31.2 Å². The summed E-state index contributed by atoms with van der Waals surface area (Å²) in [6, 6.07) is 4.15. The number of rotatable bonds is 7. The van der Waals surface area contributed by atoms with Gasteiger partial charge in [-0.2, -0.15) is 0 Å². The molecule has 0 aliphatic rings. The van der Waals surface area contributed by atoms with E-state index in [-0.39, 0.29) is 30.4 Å². The molecule has 1 aromatic rings. The number of amides is 2. The number of nitro benzene ring substituents is 1. The van der Waals surface area contributed by atoms with E-state index in [1.54, 1.807) is 21.1 Å². The summed E-state index contributed by atoms with van der Waals surface area (Å²) in [7, 11) is 6.26. The van der Waals surface area contributed by atoms with Crippen molar-refractivity contribution in [3.63, 3.8) is 0 Å². The first-order valence-corrected chi connectivity index (χ1v) is 6.75. The summed E-state index contributed by atoms with van der Waals surface area (Å²) in [5.74, 6) is -0.272. The summed E-state index contributed by atoms with van der Waals surface area (Å²) >= 11 is 0. The molecule has 0 aliphatic heterocycles. The molecule has 0 atom stereocenters. The number of nitro groups is 1. The topological polar surface area (TPSA) is 105 Å². The Labute approximate surface area is 134 Å². The normalized spacial score (nSPS) is 10.3. The lowest BCUT2D eigenvalue weighted by Gasteiger charge is -2.18. The van der Waals surface area contributed by atoms with E-state index in [0.717, 1.165) is 0 Å². The molecule has 126 valence electrons. The lowest BCUT2D eigenvalue weighted by molar-refractivity contribution is -0.384. The first-order chi connectivity index (χ1) is 10.7. The van der Waals surface area contributed by atoms with E-state index in [2.05, 4.69) is 5.32 Å². The standard InChI is InChI=1S/C14H20N4O5/c1-16(2)14(20)9-17(3)8-13(19)15-11-6-5-10(23-4)7-12(11)18(21)22/h5-7H,8-9H2,1-4H3,(H,15,19). The van der Waals surface area contributed by atoms with Crippen molar-refractivity contribution >= 4 is 23.2 Å². The fraction of sp³-hybridized carbons (Fsp3) is 0.429. The SMILES string of the molecule is COc1ccc(NC(=O)CN(C)CC(=O)N(C)C)c([N+](=O)[O-])c1. The quantitative estimate of drug-likeness (QED) is 0.580. The van der Waals surface area contributed by atoms with Crippen LogP contribution >= 0.6 is 0 Å². The number of likely N-dealkylation sites (N-methyl/N-ethyl adjacent to an activating group) is 2. The zero-order valence-corrected chi connectivity index (χ0v) is 13.5. The third kappa shape index (κ3) is 5.55. The Bertz CT molecular complexity index is 603. The lowest BCUT2D eigenvalue weighted by atomic mass is 10.2. The molecule has 1 aromatic carbocycles. The molecule has 0 radical (unpaired) electrons. The average Bonchev–Trinajstić information content (AvgIpc) is 2.46. The Kier molecular flexibility index (Phi) is 6.46. The van der Waals surface area contributed by atoms with E-state index in [9.17, 15) is 19.7 Å². The molecule has 0 unspecified atom stereocenters. The zero-order chi connectivity index (χ0) is 17.6. The van der Waals surface area contributed by atoms with Crippen LogP contribution in [0.25, 0.3) is 0 Å². The largest absolute Gasteiger partial charge is 0.496 e. The van der Waals surface area contributed by atoms with Crippen molar-refractivity contribution in [2.24, 2.45) is 0 Å². The summed E-state index contributed by atoms with van der Waals surface area (Å²) < 4.78 is 4.93. The highest BCUT2D eigenvalue weighted by Gasteiger charge is 2.18. The zero-order valence-electron chi connectivity index (χ0n) is 13.5. The van der Waals surface area contributed by atoms with Crippen LogP contribution in [0, 0.1) is 10.1 Å². The number of anilines is 1. The van der Waals surface area contributed by atoms with Crippen LogP contribution in [0.1, 0.15) is 0 Å². The number of benzene rings is 1. The summed E-state index contributed by atoms with van der Waals surface area (Å²) in [5, 5.41) is 13.5. The third-order valence-corrected chi connectivity index (χ3v) is 2.99. The fourth-order valence-electron chi connectivity index (χ4n) is 1.76. The molecule has 1 rings (SSSR count). The van der Waals surface area contributed by atoms with Crippen molar-refractivity contribution in [2.75, 3.05) is 46.7 Å². The van der Waals surface area contributed by atoms with Gasteiger partial charge in [-0.05, 0) is 19.2 Å². The maximum absolute atomic E-state index is 12.0. The van der Waals surface area contributed by atoms with E-state index in [1.165, 1.54) is 35.1 Å². The van der Waals surface area contributed by atoms with Crippen LogP contribution in [0.4, 0.5) is 11.4 Å². The predicted molar refractivity (Wildman–Crippen MR) is 84.5 cm³/mol. The van der Waals surface area contributed by atoms with Crippen molar-refractivity contribution < 1.29 is 19.2 Å². The molecule has 9 nitrogen and oxygen atoms in total. The molecule has 0 saturated heterocycles. The van der Waals surface area contributed by atoms with Crippen molar-refractivity contribution in [3.05, 3.63) is 28.3 Å². The number of nitrogens with one attached hydrogen (secondary N) is 1. The number of ether oxygens (including phenoxy) is 1. The van der Waals surface area contributed by atoms with Gasteiger partial charge in [0.15, 0.2) is 0 Å². The maximum Gasteiger partial charge on any atom is 0.296 e. The Morgan fingerprint density at radius 3 is 2.43 bits per heavy atom. The second-order valence-electron chi connectivity index (χ2n) is 5.15. The summed E-state index contributed by atoms with van der Waals surface area (Å²) in [6.45, 7) is 0.00783. The molecule has 0 aliphatic carbocycles. The van der Waals surface area contributed by atoms with E-state index in [0.29, 0.717) is 5.75 Å². The van der Waals surface area contributed by atoms with Crippen LogP contribution < -0.4 is 10.1 Å². The Balaban J connectivity index is 2.74. The minimum atomic E-state index is -0.600. The monoisotopic (exact) mass is 324 g/mol. The number of nitrogens with zero attached hydrogens (tertiary/aromatic N) is 3. The van der Waals surface area contributed by atoms with Crippen LogP contribution in [0.15, 0.2) is 18.2 Å². The van der Waals surface area contributed by atoms with Gasteiger partial charge in [0.1, 0.15) is 11.4 Å². The van der Waals surface area contributed by atoms with Crippen molar-refractivity contribution in [1.82, 2.24) is 9.80 Å². The molecule has 0 aromatic heterocycles. The smallest absolute Gasteiger partial charge is 0.296 e. The third-order valence-electron chi connectivity index (χ3n) is 2.99. The van der Waals surface area contributed by atoms with Gasteiger partial charge >= 0.3 is 0 Å². The summed E-state index contributed by atoms with van der Waals surface area (Å²) in [4.78, 5) is 36.9. The number of methoxy groups -OCH3 is 1. The molecule has 2 amide bonds. The van der Waals surface area contributed by atoms with Crippen LogP contribution in [-0.2, 0) is 9.59 Å². The van der Waals surface area contributed by atoms with Gasteiger partial charge in [0.25, 0.3) is 5.69 Å². The van der Waals surface area contributed by atoms with Gasteiger partial charge in [0, 0.05) is 14.1 Å². The van der Waals surface area contributed by atoms with E-state index >= 15 is 0 Å². The number of hydrogen-bond donors (Lipinski definition) is 1. The Hall–Kier alpha value is -2.68. The molecule has 0 heterocycles. The van der Waals surface area contributed by atoms with Crippen molar-refractivity contribution in [2.45, 2.75) is 0 Å². The molecule has 1 N–H and O–H groups in total. The van der Waals surface area contributed by atoms with Gasteiger partial charge in [-0.15, -0.1) is 0 Å². The Morgan fingerprint density at radius 1 is 1.26 bits per heavy atom. The second-order valence-corrected chi connectivity index (χ2v) is 5.15. The summed E-state index contributed by atoms with van der Waals surface area (Å²) in [5.41, 5.74) is -0.183. The second kappa shape index (κ2) is 8.08. The number of carbonyl (C=O) groups is 2. The van der Waals surface area contributed by atoms with Gasteiger partial charge in [-0.25, -0.2) is 0 Å². The van der Waals surface area contributed by atoms with E-state index < -0.39 is 10.8 Å². The highest BCUT2D eigenvalue weighted by Crippen LogP contribution is 2.28. The average molecular weight is 324 g/mol. The first-order valence-electron chi connectivity index (χ1n) is 6.75. The van der Waals surface area contributed by atoms with E-state index in [1.807, 2.05) is 0 Å². The van der Waals surface area contributed by atoms with Crippen LogP contribution in [0.5, 0.6) is 5.75 Å². The van der Waals surface area contributed by atoms with Gasteiger partial charge in [-0.3, -0.25) is 24.6 Å². The molecule has 0 saturated carbocycles. The Morgan fingerprint density at radius 2 is 1.91 bits per heavy atom. The minimum absolute atomic E-state index is 0.0667. The molecule has 0 spiro atoms. The minimum Gasteiger partial charge on any atom is -0.496 e. The number of carbonyl (C=O) groups excluding carboxylic acids is 2. The van der Waals surface area contributed by atoms with Crippen molar-refractivity contribution in [3.8, 4) is 5.75 Å². The first kappa shape index (κ1) is 18.4. The predicted octanol–water partition coefficient (Wildman–Crippen LogP) is 0.562. The molecule has 0 bridgehead atoms. The highest BCUT2D eigenvalue weighted by molar-refractivity contribution is 5.94. The maximum atomic E-state index is 12.0. The fourth-order valence-corrected chi connectivity index (χ4v) is 1.76. The van der Waals surface area contributed by atoms with Crippen LogP contribution in [-0.4, -0.2) is 67.9 Å². The van der Waals surface area contributed by atoms with E-state index in [4.69, 9.17) is 4.74 Å². The van der Waals surface area contributed by atoms with Gasteiger partial charge < -0.3 is 15.0 Å². The molecule has 23 heavy (non-hydrogen) atoms. The van der Waals surface area contributed by atoms with Gasteiger partial charge in [-0.1, -0.05) is 0 Å².